The summed E-state index contributed by atoms with van der Waals surface area (Å²) >= 11 is 0. The summed E-state index contributed by atoms with van der Waals surface area (Å²) < 4.78 is 4.97. The van der Waals surface area contributed by atoms with Crippen LogP contribution in [0.25, 0.3) is 0 Å². The lowest BCUT2D eigenvalue weighted by Gasteiger charge is -2.28. The Morgan fingerprint density at radius 3 is 2.70 bits per heavy atom. The lowest BCUT2D eigenvalue weighted by molar-refractivity contribution is -0.147. The Kier molecular flexibility index (Phi) is 6.27. The molecule has 1 unspecified atom stereocenters. The van der Waals surface area contributed by atoms with E-state index in [4.69, 9.17) is 9.84 Å². The fraction of sp³-hybridized carbons (Fsp3) is 0.769. The van der Waals surface area contributed by atoms with Crippen LogP contribution in [0.15, 0.2) is 0 Å². The van der Waals surface area contributed by atoms with Crippen molar-refractivity contribution in [1.29, 1.82) is 0 Å². The van der Waals surface area contributed by atoms with Gasteiger partial charge in [-0.05, 0) is 26.2 Å². The molecule has 1 atom stereocenters. The molecule has 0 bridgehead atoms. The van der Waals surface area contributed by atoms with Crippen molar-refractivity contribution in [2.24, 2.45) is 0 Å². The molecule has 0 radical (unpaired) electrons. The zero-order chi connectivity index (χ0) is 15.1. The first-order valence-corrected chi connectivity index (χ1v) is 6.87. The van der Waals surface area contributed by atoms with Crippen LogP contribution in [0.4, 0.5) is 4.79 Å². The number of carboxylic acid groups (broad SMARTS) is 1. The summed E-state index contributed by atoms with van der Waals surface area (Å²) in [5.41, 5.74) is 0. The molecule has 1 rings (SSSR count). The number of ether oxygens (including phenoxy) is 1. The summed E-state index contributed by atoms with van der Waals surface area (Å²) in [6.07, 6.45) is 1.82. The van der Waals surface area contributed by atoms with Gasteiger partial charge in [-0.1, -0.05) is 0 Å². The molecule has 1 aliphatic heterocycles. The highest BCUT2D eigenvalue weighted by atomic mass is 16.5. The van der Waals surface area contributed by atoms with E-state index in [1.807, 2.05) is 0 Å². The van der Waals surface area contributed by atoms with Gasteiger partial charge in [0.05, 0.1) is 6.61 Å². The van der Waals surface area contributed by atoms with Crippen molar-refractivity contribution < 1.29 is 24.2 Å². The van der Waals surface area contributed by atoms with Crippen LogP contribution in [-0.4, -0.2) is 65.7 Å². The molecule has 0 aromatic rings. The largest absolute Gasteiger partial charge is 0.481 e. The van der Waals surface area contributed by atoms with Crippen molar-refractivity contribution in [2.45, 2.75) is 38.6 Å². The minimum Gasteiger partial charge on any atom is -0.481 e. The van der Waals surface area contributed by atoms with E-state index in [2.05, 4.69) is 0 Å². The summed E-state index contributed by atoms with van der Waals surface area (Å²) in [6.45, 7) is 2.92. The number of rotatable bonds is 6. The Morgan fingerprint density at radius 2 is 2.10 bits per heavy atom. The van der Waals surface area contributed by atoms with E-state index in [1.54, 1.807) is 14.0 Å². The van der Waals surface area contributed by atoms with Gasteiger partial charge in [-0.25, -0.2) is 9.59 Å². The average molecular weight is 286 g/mol. The average Bonchev–Trinajstić information content (AvgIpc) is 2.86. The number of carbonyl (C=O) groups excluding carboxylic acids is 2. The van der Waals surface area contributed by atoms with Gasteiger partial charge in [0.25, 0.3) is 0 Å². The summed E-state index contributed by atoms with van der Waals surface area (Å²) in [4.78, 5) is 37.4. The molecular weight excluding hydrogens is 264 g/mol. The minimum atomic E-state index is -0.878. The van der Waals surface area contributed by atoms with E-state index in [-0.39, 0.29) is 18.4 Å². The molecule has 0 spiro atoms. The molecule has 2 amide bonds. The van der Waals surface area contributed by atoms with Gasteiger partial charge in [0.15, 0.2) is 0 Å². The Morgan fingerprint density at radius 1 is 1.40 bits per heavy atom. The predicted molar refractivity (Wildman–Crippen MR) is 71.3 cm³/mol. The van der Waals surface area contributed by atoms with E-state index in [0.717, 1.165) is 6.42 Å². The summed E-state index contributed by atoms with van der Waals surface area (Å²) in [5.74, 6) is -1.24. The number of likely N-dealkylation sites (tertiary alicyclic amines) is 1. The lowest BCUT2D eigenvalue weighted by atomic mass is 10.2. The van der Waals surface area contributed by atoms with Gasteiger partial charge in [0.1, 0.15) is 6.04 Å². The van der Waals surface area contributed by atoms with E-state index < -0.39 is 12.0 Å². The molecule has 7 heteroatoms. The molecule has 20 heavy (non-hydrogen) atoms. The van der Waals surface area contributed by atoms with Gasteiger partial charge in [0, 0.05) is 26.6 Å². The molecule has 7 nitrogen and oxygen atoms in total. The fourth-order valence-corrected chi connectivity index (χ4v) is 2.26. The molecule has 0 aliphatic carbocycles. The normalized spacial score (nSPS) is 17.9. The Balaban J connectivity index is 2.51. The van der Waals surface area contributed by atoms with Crippen LogP contribution in [0.3, 0.4) is 0 Å². The SMILES string of the molecule is CCOC(=O)C1CCCN1C(=O)N(C)CCCC(=O)O. The van der Waals surface area contributed by atoms with Crippen LogP contribution in [0.5, 0.6) is 0 Å². The smallest absolute Gasteiger partial charge is 0.328 e. The predicted octanol–water partition coefficient (Wildman–Crippen LogP) is 0.930. The maximum atomic E-state index is 12.2. The standard InChI is InChI=1S/C13H22N2O5/c1-3-20-12(18)10-6-4-9-15(10)13(19)14(2)8-5-7-11(16)17/h10H,3-9H2,1-2H3,(H,16,17). The van der Waals surface area contributed by atoms with Crippen molar-refractivity contribution >= 4 is 18.0 Å². The van der Waals surface area contributed by atoms with Crippen LogP contribution in [-0.2, 0) is 14.3 Å². The van der Waals surface area contributed by atoms with Crippen molar-refractivity contribution in [3.8, 4) is 0 Å². The van der Waals surface area contributed by atoms with Gasteiger partial charge in [-0.15, -0.1) is 0 Å². The first-order chi connectivity index (χ1) is 9.47. The second-order valence-electron chi connectivity index (χ2n) is 4.80. The van der Waals surface area contributed by atoms with Gasteiger partial charge < -0.3 is 19.6 Å². The van der Waals surface area contributed by atoms with Gasteiger partial charge in [0.2, 0.25) is 0 Å². The van der Waals surface area contributed by atoms with Crippen LogP contribution >= 0.6 is 0 Å². The lowest BCUT2D eigenvalue weighted by Crippen LogP contribution is -2.47. The number of carbonyl (C=O) groups is 3. The van der Waals surface area contributed by atoms with Crippen LogP contribution in [0, 0.1) is 0 Å². The Bertz CT molecular complexity index is 372. The molecule has 1 saturated heterocycles. The van der Waals surface area contributed by atoms with Gasteiger partial charge in [-0.3, -0.25) is 4.79 Å². The Hall–Kier alpha value is -1.79. The molecule has 0 saturated carbocycles. The van der Waals surface area contributed by atoms with E-state index in [0.29, 0.717) is 32.5 Å². The maximum Gasteiger partial charge on any atom is 0.328 e. The molecule has 1 fully saturated rings. The number of nitrogens with zero attached hydrogens (tertiary/aromatic N) is 2. The molecule has 0 aromatic heterocycles. The third kappa shape index (κ3) is 4.40. The van der Waals surface area contributed by atoms with E-state index in [1.165, 1.54) is 9.80 Å². The molecule has 114 valence electrons. The van der Waals surface area contributed by atoms with E-state index in [9.17, 15) is 14.4 Å². The van der Waals surface area contributed by atoms with Crippen molar-refractivity contribution in [1.82, 2.24) is 9.80 Å². The third-order valence-electron chi connectivity index (χ3n) is 3.27. The minimum absolute atomic E-state index is 0.0267. The first kappa shape index (κ1) is 16.3. The zero-order valence-electron chi connectivity index (χ0n) is 12.0. The molecule has 1 aliphatic rings. The first-order valence-electron chi connectivity index (χ1n) is 6.87. The molecule has 0 aromatic carbocycles. The Labute approximate surface area is 118 Å². The number of hydrogen-bond acceptors (Lipinski definition) is 4. The monoisotopic (exact) mass is 286 g/mol. The van der Waals surface area contributed by atoms with Crippen molar-refractivity contribution in [3.05, 3.63) is 0 Å². The van der Waals surface area contributed by atoms with Crippen molar-refractivity contribution in [3.63, 3.8) is 0 Å². The summed E-state index contributed by atoms with van der Waals surface area (Å²) in [6, 6.07) is -0.754. The highest BCUT2D eigenvalue weighted by molar-refractivity contribution is 5.84. The second-order valence-corrected chi connectivity index (χ2v) is 4.80. The summed E-state index contributed by atoms with van der Waals surface area (Å²) in [7, 11) is 1.62. The highest BCUT2D eigenvalue weighted by Gasteiger charge is 2.36. The summed E-state index contributed by atoms with van der Waals surface area (Å²) in [5, 5.41) is 8.58. The second kappa shape index (κ2) is 7.72. The number of aliphatic carboxylic acids is 1. The topological polar surface area (TPSA) is 87.2 Å². The van der Waals surface area contributed by atoms with Gasteiger partial charge in [-0.2, -0.15) is 0 Å². The number of amides is 2. The quantitative estimate of drug-likeness (QED) is 0.734. The number of esters is 1. The molecule has 1 N–H and O–H groups in total. The maximum absolute atomic E-state index is 12.2. The molecule has 1 heterocycles. The van der Waals surface area contributed by atoms with Crippen LogP contribution < -0.4 is 0 Å². The van der Waals surface area contributed by atoms with Crippen LogP contribution in [0.1, 0.15) is 32.6 Å². The zero-order valence-corrected chi connectivity index (χ0v) is 12.0. The number of urea groups is 1. The number of carboxylic acids is 1. The highest BCUT2D eigenvalue weighted by Crippen LogP contribution is 2.20. The third-order valence-corrected chi connectivity index (χ3v) is 3.27. The molecular formula is C13H22N2O5. The van der Waals surface area contributed by atoms with Gasteiger partial charge >= 0.3 is 18.0 Å². The van der Waals surface area contributed by atoms with Crippen LogP contribution in [0.2, 0.25) is 0 Å². The van der Waals surface area contributed by atoms with E-state index >= 15 is 0 Å². The number of hydrogen-bond donors (Lipinski definition) is 1. The van der Waals surface area contributed by atoms with Crippen molar-refractivity contribution in [2.75, 3.05) is 26.7 Å². The fourth-order valence-electron chi connectivity index (χ4n) is 2.26.